The molecule has 0 fully saturated rings. The molecule has 1 rings (SSSR count). The maximum absolute atomic E-state index is 11.8. The Morgan fingerprint density at radius 2 is 1.78 bits per heavy atom. The second-order valence-corrected chi connectivity index (χ2v) is 4.81. The maximum Gasteiger partial charge on any atom is 0.374 e. The number of phenols is 1. The highest BCUT2D eigenvalue weighted by molar-refractivity contribution is 5.91. The van der Waals surface area contributed by atoms with E-state index >= 15 is 0 Å². The number of hydrogen-bond acceptors (Lipinski definition) is 4. The van der Waals surface area contributed by atoms with Crippen molar-refractivity contribution in [3.8, 4) is 5.75 Å². The van der Waals surface area contributed by atoms with Gasteiger partial charge in [0.05, 0.1) is 7.11 Å². The summed E-state index contributed by atoms with van der Waals surface area (Å²) in [4.78, 5) is 11.8. The molecule has 0 aliphatic carbocycles. The Kier molecular flexibility index (Phi) is 4.37. The molecule has 0 atom stereocenters. The summed E-state index contributed by atoms with van der Waals surface area (Å²) in [6.07, 6.45) is 1.56. The minimum absolute atomic E-state index is 0.121. The van der Waals surface area contributed by atoms with Gasteiger partial charge in [0.15, 0.2) is 0 Å². The molecular weight excluding hydrogens is 232 g/mol. The van der Waals surface area contributed by atoms with Gasteiger partial charge in [-0.25, -0.2) is 4.79 Å². The molecule has 0 aliphatic rings. The Hall–Kier alpha value is -1.97. The highest BCUT2D eigenvalue weighted by Gasteiger charge is 2.20. The molecule has 0 unspecified atom stereocenters. The van der Waals surface area contributed by atoms with E-state index in [-0.39, 0.29) is 11.5 Å². The third-order valence-corrected chi connectivity index (χ3v) is 2.01. The summed E-state index contributed by atoms with van der Waals surface area (Å²) < 4.78 is 10.2. The Balaban J connectivity index is 2.89. The maximum atomic E-state index is 11.8. The summed E-state index contributed by atoms with van der Waals surface area (Å²) in [5, 5.41) is 9.17. The fraction of sp³-hybridized carbons (Fsp3) is 0.357. The lowest BCUT2D eigenvalue weighted by atomic mass is 10.2. The predicted octanol–water partition coefficient (Wildman–Crippen LogP) is 2.72. The molecule has 4 nitrogen and oxygen atoms in total. The molecule has 0 radical (unpaired) electrons. The standard InChI is InChI=1S/C14H18O4/c1-14(2,3)18-13(16)12(17-4)9-10-5-7-11(15)8-6-10/h5-9,15H,1-4H3. The van der Waals surface area contributed by atoms with Crippen molar-refractivity contribution in [2.75, 3.05) is 7.11 Å². The van der Waals surface area contributed by atoms with E-state index in [0.717, 1.165) is 5.56 Å². The normalized spacial score (nSPS) is 12.1. The van der Waals surface area contributed by atoms with E-state index in [0.29, 0.717) is 0 Å². The van der Waals surface area contributed by atoms with Crippen LogP contribution in [-0.4, -0.2) is 23.8 Å². The Morgan fingerprint density at radius 3 is 2.22 bits per heavy atom. The van der Waals surface area contributed by atoms with Crippen molar-refractivity contribution in [3.05, 3.63) is 35.6 Å². The van der Waals surface area contributed by atoms with E-state index in [2.05, 4.69) is 0 Å². The average molecular weight is 250 g/mol. The Labute approximate surface area is 107 Å². The fourth-order valence-corrected chi connectivity index (χ4v) is 1.25. The smallest absolute Gasteiger partial charge is 0.374 e. The molecule has 0 bridgehead atoms. The number of rotatable bonds is 3. The van der Waals surface area contributed by atoms with Crippen LogP contribution in [-0.2, 0) is 14.3 Å². The minimum Gasteiger partial charge on any atom is -0.508 e. The van der Waals surface area contributed by atoms with Gasteiger partial charge in [-0.2, -0.15) is 0 Å². The third-order valence-electron chi connectivity index (χ3n) is 2.01. The molecular formula is C14H18O4. The number of ether oxygens (including phenoxy) is 2. The van der Waals surface area contributed by atoms with Crippen molar-refractivity contribution in [3.63, 3.8) is 0 Å². The Bertz CT molecular complexity index is 438. The van der Waals surface area contributed by atoms with Crippen molar-refractivity contribution in [1.29, 1.82) is 0 Å². The summed E-state index contributed by atoms with van der Waals surface area (Å²) in [6, 6.07) is 6.43. The van der Waals surface area contributed by atoms with Gasteiger partial charge in [0.25, 0.3) is 0 Å². The van der Waals surface area contributed by atoms with Crippen LogP contribution in [0.5, 0.6) is 5.75 Å². The van der Waals surface area contributed by atoms with Crippen molar-refractivity contribution in [1.82, 2.24) is 0 Å². The minimum atomic E-state index is -0.566. The van der Waals surface area contributed by atoms with Gasteiger partial charge in [0, 0.05) is 0 Å². The first-order valence-electron chi connectivity index (χ1n) is 5.60. The molecule has 1 aromatic rings. The fourth-order valence-electron chi connectivity index (χ4n) is 1.25. The second-order valence-electron chi connectivity index (χ2n) is 4.81. The van der Waals surface area contributed by atoms with Gasteiger partial charge >= 0.3 is 5.97 Å². The number of aromatic hydroxyl groups is 1. The number of methoxy groups -OCH3 is 1. The van der Waals surface area contributed by atoms with Crippen LogP contribution in [0, 0.1) is 0 Å². The van der Waals surface area contributed by atoms with Crippen LogP contribution in [0.25, 0.3) is 6.08 Å². The van der Waals surface area contributed by atoms with Gasteiger partial charge in [-0.1, -0.05) is 12.1 Å². The van der Waals surface area contributed by atoms with Gasteiger partial charge in [0.2, 0.25) is 5.76 Å². The van der Waals surface area contributed by atoms with E-state index in [1.54, 1.807) is 39.0 Å². The molecule has 0 aromatic heterocycles. The van der Waals surface area contributed by atoms with E-state index in [4.69, 9.17) is 14.6 Å². The zero-order chi connectivity index (χ0) is 13.8. The van der Waals surface area contributed by atoms with E-state index in [9.17, 15) is 4.79 Å². The second kappa shape index (κ2) is 5.58. The molecule has 0 aliphatic heterocycles. The topological polar surface area (TPSA) is 55.8 Å². The number of carbonyl (C=O) groups excluding carboxylic acids is 1. The van der Waals surface area contributed by atoms with Crippen molar-refractivity contribution >= 4 is 12.0 Å². The lowest BCUT2D eigenvalue weighted by molar-refractivity contribution is -0.153. The predicted molar refractivity (Wildman–Crippen MR) is 68.9 cm³/mol. The summed E-state index contributed by atoms with van der Waals surface area (Å²) in [5.74, 6) is -0.225. The summed E-state index contributed by atoms with van der Waals surface area (Å²) >= 11 is 0. The first kappa shape index (κ1) is 14.1. The van der Waals surface area contributed by atoms with Crippen LogP contribution in [0.3, 0.4) is 0 Å². The van der Waals surface area contributed by atoms with Crippen LogP contribution in [0.2, 0.25) is 0 Å². The van der Waals surface area contributed by atoms with Crippen LogP contribution in [0.1, 0.15) is 26.3 Å². The van der Waals surface area contributed by atoms with Crippen molar-refractivity contribution in [2.45, 2.75) is 26.4 Å². The van der Waals surface area contributed by atoms with Crippen LogP contribution in [0.15, 0.2) is 30.0 Å². The summed E-state index contributed by atoms with van der Waals surface area (Å²) in [7, 11) is 1.41. The number of carbonyl (C=O) groups is 1. The lowest BCUT2D eigenvalue weighted by Crippen LogP contribution is -2.25. The van der Waals surface area contributed by atoms with Gasteiger partial charge in [-0.3, -0.25) is 0 Å². The average Bonchev–Trinajstić information content (AvgIpc) is 2.25. The molecule has 0 saturated heterocycles. The summed E-state index contributed by atoms with van der Waals surface area (Å²) in [6.45, 7) is 5.37. The van der Waals surface area contributed by atoms with Gasteiger partial charge in [0.1, 0.15) is 11.4 Å². The van der Waals surface area contributed by atoms with Gasteiger partial charge in [-0.05, 0) is 44.5 Å². The third kappa shape index (κ3) is 4.49. The van der Waals surface area contributed by atoms with Gasteiger partial charge < -0.3 is 14.6 Å². The van der Waals surface area contributed by atoms with Crippen LogP contribution < -0.4 is 0 Å². The molecule has 98 valence electrons. The van der Waals surface area contributed by atoms with Crippen molar-refractivity contribution < 1.29 is 19.4 Å². The highest BCUT2D eigenvalue weighted by Crippen LogP contribution is 2.16. The van der Waals surface area contributed by atoms with E-state index < -0.39 is 11.6 Å². The SMILES string of the molecule is COC(=Cc1ccc(O)cc1)C(=O)OC(C)(C)C. The monoisotopic (exact) mass is 250 g/mol. The lowest BCUT2D eigenvalue weighted by Gasteiger charge is -2.20. The molecule has 0 saturated carbocycles. The molecule has 0 heterocycles. The molecule has 0 amide bonds. The van der Waals surface area contributed by atoms with E-state index in [1.807, 2.05) is 0 Å². The van der Waals surface area contributed by atoms with Crippen LogP contribution >= 0.6 is 0 Å². The summed E-state index contributed by atoms with van der Waals surface area (Å²) in [5.41, 5.74) is 0.180. The van der Waals surface area contributed by atoms with Crippen molar-refractivity contribution in [2.24, 2.45) is 0 Å². The molecule has 18 heavy (non-hydrogen) atoms. The highest BCUT2D eigenvalue weighted by atomic mass is 16.6. The molecule has 1 aromatic carbocycles. The largest absolute Gasteiger partial charge is 0.508 e. The van der Waals surface area contributed by atoms with Crippen LogP contribution in [0.4, 0.5) is 0 Å². The first-order chi connectivity index (χ1) is 8.31. The van der Waals surface area contributed by atoms with E-state index in [1.165, 1.54) is 19.2 Å². The molecule has 4 heteroatoms. The number of phenolic OH excluding ortho intramolecular Hbond substituents is 1. The van der Waals surface area contributed by atoms with Gasteiger partial charge in [-0.15, -0.1) is 0 Å². The number of hydrogen-bond donors (Lipinski definition) is 1. The molecule has 0 spiro atoms. The number of benzene rings is 1. The first-order valence-corrected chi connectivity index (χ1v) is 5.60. The Morgan fingerprint density at radius 1 is 1.22 bits per heavy atom. The zero-order valence-electron chi connectivity index (χ0n) is 11.1. The molecule has 1 N–H and O–H groups in total. The number of esters is 1. The quantitative estimate of drug-likeness (QED) is 0.509. The zero-order valence-corrected chi connectivity index (χ0v) is 11.1.